The van der Waals surface area contributed by atoms with E-state index in [4.69, 9.17) is 0 Å². The highest BCUT2D eigenvalue weighted by molar-refractivity contribution is 5.16. The van der Waals surface area contributed by atoms with Gasteiger partial charge in [-0.05, 0) is 12.2 Å². The Labute approximate surface area is 111 Å². The highest BCUT2D eigenvalue weighted by Gasteiger charge is 2.82. The molecule has 0 atom stereocenters. The Balaban J connectivity index is 6.39. The summed E-state index contributed by atoms with van der Waals surface area (Å²) in [5.41, 5.74) is -6.87. The zero-order chi connectivity index (χ0) is 18.4. The van der Waals surface area contributed by atoms with Crippen LogP contribution in [-0.2, 0) is 0 Å². The SMILES string of the molecule is FC(F)(F)C(F)(F)/C=C/C(C(F)(F)F)(C(F)(F)F)C(F)(F)F. The largest absolute Gasteiger partial charge is 0.457 e. The molecule has 0 aromatic rings. The van der Waals surface area contributed by atoms with Gasteiger partial charge in [0.15, 0.2) is 0 Å². The van der Waals surface area contributed by atoms with Crippen LogP contribution in [0.4, 0.5) is 61.5 Å². The first-order valence-corrected chi connectivity index (χ1v) is 4.56. The quantitative estimate of drug-likeness (QED) is 0.454. The summed E-state index contributed by atoms with van der Waals surface area (Å²) < 4.78 is 170. The first-order chi connectivity index (χ1) is 9.21. The molecular weight excluding hydrogens is 362 g/mol. The van der Waals surface area contributed by atoms with E-state index < -0.39 is 48.2 Å². The molecule has 0 rings (SSSR count). The van der Waals surface area contributed by atoms with Gasteiger partial charge in [0.05, 0.1) is 0 Å². The van der Waals surface area contributed by atoms with Crippen LogP contribution in [0.5, 0.6) is 0 Å². The van der Waals surface area contributed by atoms with Gasteiger partial charge in [0.25, 0.3) is 5.41 Å². The molecule has 0 aliphatic heterocycles. The summed E-state index contributed by atoms with van der Waals surface area (Å²) in [6, 6.07) is 0. The topological polar surface area (TPSA) is 0 Å². The van der Waals surface area contributed by atoms with E-state index in [-0.39, 0.29) is 0 Å². The van der Waals surface area contributed by atoms with E-state index >= 15 is 0 Å². The Morgan fingerprint density at radius 1 is 0.364 bits per heavy atom. The highest BCUT2D eigenvalue weighted by Crippen LogP contribution is 2.60. The van der Waals surface area contributed by atoms with E-state index in [0.717, 1.165) is 0 Å². The maximum Gasteiger partial charge on any atom is 0.457 e. The van der Waals surface area contributed by atoms with Crippen molar-refractivity contribution in [2.75, 3.05) is 0 Å². The number of allylic oxidation sites excluding steroid dienone is 2. The van der Waals surface area contributed by atoms with Crippen molar-refractivity contribution >= 4 is 0 Å². The molecule has 0 saturated carbocycles. The number of halogens is 14. The number of alkyl halides is 14. The minimum atomic E-state index is -7.26. The highest BCUT2D eigenvalue weighted by atomic mass is 19.4. The van der Waals surface area contributed by atoms with Crippen molar-refractivity contribution in [1.29, 1.82) is 0 Å². The molecule has 0 fully saturated rings. The van der Waals surface area contributed by atoms with E-state index in [0.29, 0.717) is 0 Å². The minimum Gasteiger partial charge on any atom is -0.192 e. The monoisotopic (exact) mass is 364 g/mol. The predicted octanol–water partition coefficient (Wildman–Crippen LogP) is 5.41. The van der Waals surface area contributed by atoms with Gasteiger partial charge in [0.2, 0.25) is 0 Å². The number of hydrogen-bond donors (Lipinski definition) is 0. The van der Waals surface area contributed by atoms with Gasteiger partial charge in [0.1, 0.15) is 0 Å². The Hall–Kier alpha value is -1.24. The fourth-order valence-electron chi connectivity index (χ4n) is 1.09. The van der Waals surface area contributed by atoms with Crippen LogP contribution >= 0.6 is 0 Å². The molecule has 0 aromatic carbocycles. The molecule has 0 aromatic heterocycles. The third kappa shape index (κ3) is 3.39. The molecule has 22 heavy (non-hydrogen) atoms. The molecule has 14 heteroatoms. The van der Waals surface area contributed by atoms with Gasteiger partial charge in [-0.25, -0.2) is 0 Å². The van der Waals surface area contributed by atoms with Gasteiger partial charge in [-0.15, -0.1) is 0 Å². The van der Waals surface area contributed by atoms with Gasteiger partial charge in [-0.2, -0.15) is 61.5 Å². The molecule has 0 amide bonds. The van der Waals surface area contributed by atoms with Gasteiger partial charge in [-0.3, -0.25) is 0 Å². The Bertz CT molecular complexity index is 376. The van der Waals surface area contributed by atoms with Crippen LogP contribution < -0.4 is 0 Å². The normalized spacial score (nSPS) is 16.5. The average molecular weight is 364 g/mol. The molecule has 0 saturated heterocycles. The Morgan fingerprint density at radius 2 is 0.636 bits per heavy atom. The Morgan fingerprint density at radius 3 is 0.818 bits per heavy atom. The van der Waals surface area contributed by atoms with E-state index in [1.54, 1.807) is 0 Å². The second-order valence-electron chi connectivity index (χ2n) is 3.76. The molecule has 0 aliphatic carbocycles. The lowest BCUT2D eigenvalue weighted by molar-refractivity contribution is -0.407. The molecule has 0 unspecified atom stereocenters. The molecule has 0 N–H and O–H groups in total. The van der Waals surface area contributed by atoms with Crippen LogP contribution in [0.3, 0.4) is 0 Å². The van der Waals surface area contributed by atoms with Crippen LogP contribution in [0.2, 0.25) is 0 Å². The average Bonchev–Trinajstić information content (AvgIpc) is 2.08. The first-order valence-electron chi connectivity index (χ1n) is 4.56. The summed E-state index contributed by atoms with van der Waals surface area (Å²) in [5.74, 6) is -6.33. The summed E-state index contributed by atoms with van der Waals surface area (Å²) in [6.07, 6.45) is -32.9. The van der Waals surface area contributed by atoms with Crippen LogP contribution in [0.1, 0.15) is 0 Å². The van der Waals surface area contributed by atoms with Gasteiger partial charge < -0.3 is 0 Å². The lowest BCUT2D eigenvalue weighted by Crippen LogP contribution is -2.58. The second-order valence-corrected chi connectivity index (χ2v) is 3.76. The van der Waals surface area contributed by atoms with Crippen LogP contribution in [0.15, 0.2) is 12.2 Å². The summed E-state index contributed by atoms with van der Waals surface area (Å²) in [5, 5.41) is 0. The summed E-state index contributed by atoms with van der Waals surface area (Å²) in [6.45, 7) is 0. The maximum absolute atomic E-state index is 12.3. The molecule has 0 nitrogen and oxygen atoms in total. The van der Waals surface area contributed by atoms with Crippen LogP contribution in [-0.4, -0.2) is 30.6 Å². The van der Waals surface area contributed by atoms with Crippen molar-refractivity contribution in [2.45, 2.75) is 30.6 Å². The van der Waals surface area contributed by atoms with Crippen molar-refractivity contribution in [2.24, 2.45) is 5.41 Å². The van der Waals surface area contributed by atoms with Crippen LogP contribution in [0.25, 0.3) is 0 Å². The van der Waals surface area contributed by atoms with E-state index in [2.05, 4.69) is 0 Å². The fourth-order valence-corrected chi connectivity index (χ4v) is 1.09. The molecule has 0 bridgehead atoms. The lowest BCUT2D eigenvalue weighted by Gasteiger charge is -2.36. The minimum absolute atomic E-state index is 2.12. The predicted molar refractivity (Wildman–Crippen MR) is 40.7 cm³/mol. The summed E-state index contributed by atoms with van der Waals surface area (Å²) >= 11 is 0. The van der Waals surface area contributed by atoms with Crippen LogP contribution in [0, 0.1) is 5.41 Å². The van der Waals surface area contributed by atoms with E-state index in [1.165, 1.54) is 0 Å². The molecule has 0 spiro atoms. The molecule has 0 radical (unpaired) electrons. The van der Waals surface area contributed by atoms with E-state index in [1.807, 2.05) is 0 Å². The van der Waals surface area contributed by atoms with Crippen molar-refractivity contribution in [1.82, 2.24) is 0 Å². The summed E-state index contributed by atoms with van der Waals surface area (Å²) in [4.78, 5) is 0. The van der Waals surface area contributed by atoms with Gasteiger partial charge >= 0.3 is 30.6 Å². The molecule has 0 heterocycles. The lowest BCUT2D eigenvalue weighted by atomic mass is 9.84. The van der Waals surface area contributed by atoms with Crippen molar-refractivity contribution in [3.63, 3.8) is 0 Å². The summed E-state index contributed by atoms with van der Waals surface area (Å²) in [7, 11) is 0. The zero-order valence-electron chi connectivity index (χ0n) is 9.45. The third-order valence-electron chi connectivity index (χ3n) is 2.26. The smallest absolute Gasteiger partial charge is 0.192 e. The van der Waals surface area contributed by atoms with Crippen molar-refractivity contribution < 1.29 is 61.5 Å². The van der Waals surface area contributed by atoms with Gasteiger partial charge in [0, 0.05) is 0 Å². The molecular formula is C8H2F14. The first kappa shape index (κ1) is 20.8. The fraction of sp³-hybridized carbons (Fsp3) is 0.750. The second kappa shape index (κ2) is 5.15. The van der Waals surface area contributed by atoms with Crippen molar-refractivity contribution in [3.8, 4) is 0 Å². The zero-order valence-corrected chi connectivity index (χ0v) is 9.45. The Kier molecular flexibility index (Phi) is 4.86. The van der Waals surface area contributed by atoms with E-state index in [9.17, 15) is 61.5 Å². The number of hydrogen-bond acceptors (Lipinski definition) is 0. The molecule has 0 aliphatic rings. The number of rotatable bonds is 2. The maximum atomic E-state index is 12.3. The van der Waals surface area contributed by atoms with Crippen molar-refractivity contribution in [3.05, 3.63) is 12.2 Å². The standard InChI is InChI=1S/C8H2F14/c9-4(10,8(20,21)22)2-1-3(5(11,12)13,6(14,15)16)7(17,18)19/h1-2H/b2-1+. The molecule has 132 valence electrons. The third-order valence-corrected chi connectivity index (χ3v) is 2.26. The van der Waals surface area contributed by atoms with Gasteiger partial charge in [-0.1, -0.05) is 0 Å².